The average molecular weight is 268 g/mol. The van der Waals surface area contributed by atoms with Crippen LogP contribution in [0.15, 0.2) is 42.7 Å². The zero-order valence-electron chi connectivity index (χ0n) is 10.1. The van der Waals surface area contributed by atoms with Crippen LogP contribution in [0.2, 0.25) is 0 Å². The summed E-state index contributed by atoms with van der Waals surface area (Å²) in [6.07, 6.45) is 0. The topological polar surface area (TPSA) is 112 Å². The number of nitrogens with two attached hydrogens (primary N) is 2. The van der Waals surface area contributed by atoms with Gasteiger partial charge in [-0.15, -0.1) is 0 Å². The Labute approximate surface area is 110 Å². The van der Waals surface area contributed by atoms with Crippen LogP contribution in [0.25, 0.3) is 32.7 Å². The predicted octanol–water partition coefficient (Wildman–Crippen LogP) is 1.65. The Hall–Kier alpha value is -3.02. The molecule has 98 valence electrons. The maximum Gasteiger partial charge on any atom is 0.344 e. The maximum atomic E-state index is 12.0. The lowest BCUT2D eigenvalue weighted by Crippen LogP contribution is -2.07. The third kappa shape index (κ3) is 1.22. The highest BCUT2D eigenvalue weighted by Gasteiger charge is 2.18. The Morgan fingerprint density at radius 2 is 1.10 bits per heavy atom. The molecule has 0 aliphatic carbocycles. The van der Waals surface area contributed by atoms with Crippen LogP contribution in [0.4, 0.5) is 11.4 Å². The number of anilines is 2. The van der Waals surface area contributed by atoms with Crippen molar-refractivity contribution in [1.29, 1.82) is 0 Å². The number of hydrogen-bond acceptors (Lipinski definition) is 6. The van der Waals surface area contributed by atoms with Crippen molar-refractivity contribution in [1.82, 2.24) is 0 Å². The molecule has 2 heterocycles. The van der Waals surface area contributed by atoms with Crippen LogP contribution in [0.3, 0.4) is 0 Å². The first-order chi connectivity index (χ1) is 9.54. The molecule has 2 aromatic carbocycles. The standard InChI is InChI=1S/C14H8N2O4/c15-5-1-7-11-9(3-5)20-14(18)8-2-6(16)4-10(12(8)11)19-13(7)17/h1-4H,15-16H2. The number of benzene rings is 2. The van der Waals surface area contributed by atoms with Crippen molar-refractivity contribution >= 4 is 44.1 Å². The van der Waals surface area contributed by atoms with Gasteiger partial charge in [0.15, 0.2) is 0 Å². The molecule has 20 heavy (non-hydrogen) atoms. The van der Waals surface area contributed by atoms with Gasteiger partial charge in [-0.3, -0.25) is 0 Å². The quantitative estimate of drug-likeness (QED) is 0.285. The van der Waals surface area contributed by atoms with Crippen LogP contribution in [-0.2, 0) is 0 Å². The maximum absolute atomic E-state index is 12.0. The van der Waals surface area contributed by atoms with Gasteiger partial charge in [-0.05, 0) is 12.1 Å². The highest BCUT2D eigenvalue weighted by Crippen LogP contribution is 2.33. The van der Waals surface area contributed by atoms with E-state index in [-0.39, 0.29) is 21.9 Å². The molecular weight excluding hydrogens is 260 g/mol. The van der Waals surface area contributed by atoms with E-state index in [0.717, 1.165) is 0 Å². The highest BCUT2D eigenvalue weighted by atomic mass is 16.4. The molecule has 0 aliphatic rings. The molecule has 0 aliphatic heterocycles. The van der Waals surface area contributed by atoms with E-state index < -0.39 is 11.3 Å². The summed E-state index contributed by atoms with van der Waals surface area (Å²) in [7, 11) is 0. The van der Waals surface area contributed by atoms with Gasteiger partial charge in [-0.25, -0.2) is 9.59 Å². The van der Waals surface area contributed by atoms with Gasteiger partial charge in [0.25, 0.3) is 0 Å². The second-order valence-electron chi connectivity index (χ2n) is 4.66. The smallest absolute Gasteiger partial charge is 0.344 e. The normalized spacial score (nSPS) is 11.8. The number of hydrogen-bond donors (Lipinski definition) is 2. The van der Waals surface area contributed by atoms with Crippen LogP contribution in [-0.4, -0.2) is 0 Å². The first kappa shape index (κ1) is 10.9. The zero-order chi connectivity index (χ0) is 14.0. The molecule has 4 aromatic rings. The first-order valence-corrected chi connectivity index (χ1v) is 5.86. The predicted molar refractivity (Wildman–Crippen MR) is 76.0 cm³/mol. The molecule has 0 fully saturated rings. The summed E-state index contributed by atoms with van der Waals surface area (Å²) in [5.74, 6) is 0. The van der Waals surface area contributed by atoms with Gasteiger partial charge in [0.1, 0.15) is 11.2 Å². The Morgan fingerprint density at radius 1 is 0.700 bits per heavy atom. The van der Waals surface area contributed by atoms with Gasteiger partial charge in [-0.1, -0.05) is 0 Å². The molecule has 0 radical (unpaired) electrons. The van der Waals surface area contributed by atoms with Crippen LogP contribution in [0, 0.1) is 0 Å². The monoisotopic (exact) mass is 268 g/mol. The molecule has 0 unspecified atom stereocenters. The van der Waals surface area contributed by atoms with E-state index in [1.54, 1.807) is 0 Å². The molecule has 0 amide bonds. The van der Waals surface area contributed by atoms with Gasteiger partial charge in [0.2, 0.25) is 0 Å². The number of rotatable bonds is 0. The van der Waals surface area contributed by atoms with Crippen LogP contribution in [0.5, 0.6) is 0 Å². The lowest BCUT2D eigenvalue weighted by molar-refractivity contribution is 0.560. The van der Waals surface area contributed by atoms with E-state index in [1.165, 1.54) is 24.3 Å². The summed E-state index contributed by atoms with van der Waals surface area (Å²) in [5, 5.41) is 1.62. The van der Waals surface area contributed by atoms with Crippen molar-refractivity contribution in [2.75, 3.05) is 11.5 Å². The Bertz CT molecular complexity index is 1020. The molecule has 6 heteroatoms. The molecular formula is C14H8N2O4. The van der Waals surface area contributed by atoms with Crippen molar-refractivity contribution in [3.05, 3.63) is 45.1 Å². The minimum atomic E-state index is -0.546. The first-order valence-electron chi connectivity index (χ1n) is 5.86. The molecule has 0 atom stereocenters. The Balaban J connectivity index is 2.53. The highest BCUT2D eigenvalue weighted by molar-refractivity contribution is 6.20. The summed E-state index contributed by atoms with van der Waals surface area (Å²) in [6.45, 7) is 0. The number of nitrogen functional groups attached to an aromatic ring is 2. The molecule has 0 bridgehead atoms. The van der Waals surface area contributed by atoms with Gasteiger partial charge >= 0.3 is 11.3 Å². The van der Waals surface area contributed by atoms with E-state index in [1.807, 2.05) is 0 Å². The molecule has 6 nitrogen and oxygen atoms in total. The largest absolute Gasteiger partial charge is 0.422 e. The molecule has 2 aromatic heterocycles. The van der Waals surface area contributed by atoms with E-state index in [2.05, 4.69) is 0 Å². The SMILES string of the molecule is Nc1cc2oc(=O)c3cc(N)cc4oc(=O)c(c1)c2c43. The van der Waals surface area contributed by atoms with Crippen LogP contribution in [0.1, 0.15) is 0 Å². The summed E-state index contributed by atoms with van der Waals surface area (Å²) < 4.78 is 10.5. The van der Waals surface area contributed by atoms with E-state index in [0.29, 0.717) is 22.1 Å². The third-order valence-electron chi connectivity index (χ3n) is 3.34. The van der Waals surface area contributed by atoms with Crippen molar-refractivity contribution in [2.24, 2.45) is 0 Å². The molecule has 0 spiro atoms. The fraction of sp³-hybridized carbons (Fsp3) is 0. The second kappa shape index (κ2) is 3.30. The lowest BCUT2D eigenvalue weighted by atomic mass is 10.0. The minimum absolute atomic E-state index is 0.264. The van der Waals surface area contributed by atoms with Crippen molar-refractivity contribution in [3.63, 3.8) is 0 Å². The van der Waals surface area contributed by atoms with Gasteiger partial charge < -0.3 is 20.3 Å². The molecule has 4 N–H and O–H groups in total. The van der Waals surface area contributed by atoms with Crippen LogP contribution < -0.4 is 22.7 Å². The van der Waals surface area contributed by atoms with E-state index in [9.17, 15) is 9.59 Å². The van der Waals surface area contributed by atoms with Crippen molar-refractivity contribution in [3.8, 4) is 0 Å². The van der Waals surface area contributed by atoms with Gasteiger partial charge in [-0.2, -0.15) is 0 Å². The van der Waals surface area contributed by atoms with Crippen molar-refractivity contribution < 1.29 is 8.83 Å². The summed E-state index contributed by atoms with van der Waals surface area (Å²) >= 11 is 0. The fourth-order valence-corrected chi connectivity index (χ4v) is 2.58. The lowest BCUT2D eigenvalue weighted by Gasteiger charge is -2.08. The van der Waals surface area contributed by atoms with E-state index >= 15 is 0 Å². The van der Waals surface area contributed by atoms with Crippen LogP contribution >= 0.6 is 0 Å². The van der Waals surface area contributed by atoms with E-state index in [4.69, 9.17) is 20.3 Å². The Morgan fingerprint density at radius 3 is 1.50 bits per heavy atom. The fourth-order valence-electron chi connectivity index (χ4n) is 2.58. The molecule has 4 rings (SSSR count). The molecule has 0 saturated heterocycles. The second-order valence-corrected chi connectivity index (χ2v) is 4.66. The Kier molecular flexibility index (Phi) is 1.79. The molecule has 0 saturated carbocycles. The summed E-state index contributed by atoms with van der Waals surface area (Å²) in [5.41, 5.74) is 11.5. The van der Waals surface area contributed by atoms with Gasteiger partial charge in [0, 0.05) is 34.3 Å². The average Bonchev–Trinajstić information content (AvgIpc) is 2.37. The van der Waals surface area contributed by atoms with Crippen molar-refractivity contribution in [2.45, 2.75) is 0 Å². The van der Waals surface area contributed by atoms with Gasteiger partial charge in [0.05, 0.1) is 10.8 Å². The summed E-state index contributed by atoms with van der Waals surface area (Å²) in [4.78, 5) is 24.0. The summed E-state index contributed by atoms with van der Waals surface area (Å²) in [6, 6.07) is 6.03. The zero-order valence-corrected chi connectivity index (χ0v) is 10.1. The minimum Gasteiger partial charge on any atom is -0.422 e. The third-order valence-corrected chi connectivity index (χ3v) is 3.34.